The highest BCUT2D eigenvalue weighted by molar-refractivity contribution is 7.99. The van der Waals surface area contributed by atoms with Gasteiger partial charge in [-0.1, -0.05) is 6.92 Å². The SMILES string of the molecule is CC1CNC(c2cnn(C)c2)SC1. The van der Waals surface area contributed by atoms with E-state index in [4.69, 9.17) is 0 Å². The van der Waals surface area contributed by atoms with Crippen molar-refractivity contribution in [2.45, 2.75) is 12.3 Å². The van der Waals surface area contributed by atoms with E-state index in [0.29, 0.717) is 5.37 Å². The van der Waals surface area contributed by atoms with Crippen molar-refractivity contribution in [1.82, 2.24) is 15.1 Å². The van der Waals surface area contributed by atoms with Crippen molar-refractivity contribution in [2.24, 2.45) is 13.0 Å². The molecule has 0 radical (unpaired) electrons. The first-order valence-corrected chi connectivity index (χ1v) is 5.64. The van der Waals surface area contributed by atoms with Gasteiger partial charge in [-0.05, 0) is 18.2 Å². The van der Waals surface area contributed by atoms with Crippen LogP contribution in [-0.2, 0) is 7.05 Å². The second kappa shape index (κ2) is 3.72. The van der Waals surface area contributed by atoms with Crippen LogP contribution in [0.15, 0.2) is 12.4 Å². The highest BCUT2D eigenvalue weighted by Crippen LogP contribution is 2.30. The number of hydrogen-bond donors (Lipinski definition) is 1. The Labute approximate surface area is 82.9 Å². The second-order valence-electron chi connectivity index (χ2n) is 3.67. The van der Waals surface area contributed by atoms with Crippen LogP contribution in [0.4, 0.5) is 0 Å². The molecule has 1 saturated heterocycles. The number of thioether (sulfide) groups is 1. The molecular formula is C9H15N3S. The van der Waals surface area contributed by atoms with E-state index in [9.17, 15) is 0 Å². The van der Waals surface area contributed by atoms with Crippen molar-refractivity contribution >= 4 is 11.8 Å². The van der Waals surface area contributed by atoms with Gasteiger partial charge in [0.05, 0.1) is 11.6 Å². The lowest BCUT2D eigenvalue weighted by atomic mass is 10.2. The molecule has 0 saturated carbocycles. The number of aryl methyl sites for hydroxylation is 1. The van der Waals surface area contributed by atoms with Crippen LogP contribution >= 0.6 is 11.8 Å². The molecule has 2 heterocycles. The molecule has 13 heavy (non-hydrogen) atoms. The largest absolute Gasteiger partial charge is 0.301 e. The molecule has 0 spiro atoms. The summed E-state index contributed by atoms with van der Waals surface area (Å²) in [6, 6.07) is 0. The zero-order valence-corrected chi connectivity index (χ0v) is 8.84. The van der Waals surface area contributed by atoms with E-state index >= 15 is 0 Å². The van der Waals surface area contributed by atoms with Crippen LogP contribution in [0.25, 0.3) is 0 Å². The van der Waals surface area contributed by atoms with Crippen LogP contribution in [0.1, 0.15) is 17.9 Å². The smallest absolute Gasteiger partial charge is 0.0820 e. The molecule has 2 rings (SSSR count). The minimum absolute atomic E-state index is 0.449. The maximum atomic E-state index is 4.17. The summed E-state index contributed by atoms with van der Waals surface area (Å²) in [6.07, 6.45) is 4.03. The molecule has 3 nitrogen and oxygen atoms in total. The quantitative estimate of drug-likeness (QED) is 0.738. The zero-order chi connectivity index (χ0) is 9.26. The van der Waals surface area contributed by atoms with Crippen molar-refractivity contribution in [3.05, 3.63) is 18.0 Å². The first-order valence-electron chi connectivity index (χ1n) is 4.59. The topological polar surface area (TPSA) is 29.9 Å². The van der Waals surface area contributed by atoms with Crippen molar-refractivity contribution < 1.29 is 0 Å². The molecule has 1 aliphatic rings. The average Bonchev–Trinajstić information content (AvgIpc) is 2.53. The fraction of sp³-hybridized carbons (Fsp3) is 0.667. The molecule has 1 aliphatic heterocycles. The molecule has 0 aliphatic carbocycles. The Morgan fingerprint density at radius 3 is 3.08 bits per heavy atom. The number of hydrogen-bond acceptors (Lipinski definition) is 3. The molecule has 4 heteroatoms. The van der Waals surface area contributed by atoms with E-state index in [1.807, 2.05) is 29.7 Å². The van der Waals surface area contributed by atoms with Crippen LogP contribution in [0.3, 0.4) is 0 Å². The molecule has 2 unspecified atom stereocenters. The number of nitrogens with one attached hydrogen (secondary N) is 1. The molecule has 0 aromatic carbocycles. The van der Waals surface area contributed by atoms with Gasteiger partial charge in [0.25, 0.3) is 0 Å². The Morgan fingerprint density at radius 1 is 1.69 bits per heavy atom. The standard InChI is InChI=1S/C9H15N3S/c1-7-3-10-9(13-6-7)8-4-11-12(2)5-8/h4-5,7,9-10H,3,6H2,1-2H3. The summed E-state index contributed by atoms with van der Waals surface area (Å²) in [6.45, 7) is 3.39. The number of nitrogens with zero attached hydrogens (tertiary/aromatic N) is 2. The Bertz CT molecular complexity index is 276. The fourth-order valence-electron chi connectivity index (χ4n) is 1.48. The maximum absolute atomic E-state index is 4.17. The molecule has 2 atom stereocenters. The summed E-state index contributed by atoms with van der Waals surface area (Å²) >= 11 is 1.97. The molecule has 0 bridgehead atoms. The van der Waals surface area contributed by atoms with Gasteiger partial charge in [0.1, 0.15) is 0 Å². The Kier molecular flexibility index (Phi) is 2.60. The van der Waals surface area contributed by atoms with Gasteiger partial charge in [-0.3, -0.25) is 4.68 Å². The van der Waals surface area contributed by atoms with E-state index in [2.05, 4.69) is 23.5 Å². The van der Waals surface area contributed by atoms with Gasteiger partial charge < -0.3 is 5.32 Å². The predicted molar refractivity (Wildman–Crippen MR) is 55.6 cm³/mol. The van der Waals surface area contributed by atoms with Gasteiger partial charge >= 0.3 is 0 Å². The van der Waals surface area contributed by atoms with E-state index in [1.165, 1.54) is 11.3 Å². The minimum atomic E-state index is 0.449. The third kappa shape index (κ3) is 2.06. The minimum Gasteiger partial charge on any atom is -0.301 e. The van der Waals surface area contributed by atoms with E-state index in [-0.39, 0.29) is 0 Å². The van der Waals surface area contributed by atoms with Gasteiger partial charge in [-0.2, -0.15) is 5.10 Å². The second-order valence-corrected chi connectivity index (χ2v) is 4.81. The van der Waals surface area contributed by atoms with Crippen molar-refractivity contribution in [3.63, 3.8) is 0 Å². The van der Waals surface area contributed by atoms with Crippen LogP contribution in [-0.4, -0.2) is 22.1 Å². The van der Waals surface area contributed by atoms with Crippen LogP contribution in [0.5, 0.6) is 0 Å². The van der Waals surface area contributed by atoms with Crippen molar-refractivity contribution in [3.8, 4) is 0 Å². The Balaban J connectivity index is 2.02. The Morgan fingerprint density at radius 2 is 2.54 bits per heavy atom. The summed E-state index contributed by atoms with van der Waals surface area (Å²) in [5.74, 6) is 2.03. The molecule has 1 fully saturated rings. The lowest BCUT2D eigenvalue weighted by Gasteiger charge is -2.26. The molecule has 0 amide bonds. The maximum Gasteiger partial charge on any atom is 0.0820 e. The molecular weight excluding hydrogens is 182 g/mol. The van der Waals surface area contributed by atoms with Gasteiger partial charge in [0.15, 0.2) is 0 Å². The van der Waals surface area contributed by atoms with Crippen molar-refractivity contribution in [1.29, 1.82) is 0 Å². The number of aromatic nitrogens is 2. The van der Waals surface area contributed by atoms with E-state index in [0.717, 1.165) is 12.5 Å². The molecule has 1 N–H and O–H groups in total. The molecule has 1 aromatic heterocycles. The van der Waals surface area contributed by atoms with E-state index in [1.54, 1.807) is 0 Å². The summed E-state index contributed by atoms with van der Waals surface area (Å²) in [4.78, 5) is 0. The predicted octanol–water partition coefficient (Wildman–Crippen LogP) is 1.39. The van der Waals surface area contributed by atoms with Crippen LogP contribution in [0.2, 0.25) is 0 Å². The highest BCUT2D eigenvalue weighted by atomic mass is 32.2. The first-order chi connectivity index (χ1) is 6.25. The first kappa shape index (κ1) is 9.09. The lowest BCUT2D eigenvalue weighted by Crippen LogP contribution is -2.30. The summed E-state index contributed by atoms with van der Waals surface area (Å²) in [7, 11) is 1.96. The van der Waals surface area contributed by atoms with Gasteiger partial charge in [-0.25, -0.2) is 0 Å². The van der Waals surface area contributed by atoms with Gasteiger partial charge in [-0.15, -0.1) is 11.8 Å². The van der Waals surface area contributed by atoms with Gasteiger partial charge in [0.2, 0.25) is 0 Å². The molecule has 72 valence electrons. The third-order valence-corrected chi connectivity index (χ3v) is 3.76. The highest BCUT2D eigenvalue weighted by Gasteiger charge is 2.20. The van der Waals surface area contributed by atoms with Gasteiger partial charge in [0, 0.05) is 18.8 Å². The molecule has 1 aromatic rings. The lowest BCUT2D eigenvalue weighted by molar-refractivity contribution is 0.529. The normalized spacial score (nSPS) is 29.1. The summed E-state index contributed by atoms with van der Waals surface area (Å²) in [5, 5.41) is 8.13. The van der Waals surface area contributed by atoms with Crippen LogP contribution < -0.4 is 5.32 Å². The summed E-state index contributed by atoms with van der Waals surface area (Å²) < 4.78 is 1.86. The van der Waals surface area contributed by atoms with E-state index < -0.39 is 0 Å². The van der Waals surface area contributed by atoms with Crippen LogP contribution in [0, 0.1) is 5.92 Å². The average molecular weight is 197 g/mol. The monoisotopic (exact) mass is 197 g/mol. The third-order valence-electron chi connectivity index (χ3n) is 2.23. The van der Waals surface area contributed by atoms with Crippen molar-refractivity contribution in [2.75, 3.05) is 12.3 Å². The number of rotatable bonds is 1. The fourth-order valence-corrected chi connectivity index (χ4v) is 2.64. The zero-order valence-electron chi connectivity index (χ0n) is 8.03. The summed E-state index contributed by atoms with van der Waals surface area (Å²) in [5.41, 5.74) is 1.29. The Hall–Kier alpha value is -0.480.